The summed E-state index contributed by atoms with van der Waals surface area (Å²) in [5, 5.41) is -0.909. The van der Waals surface area contributed by atoms with Crippen LogP contribution in [0.3, 0.4) is 0 Å². The van der Waals surface area contributed by atoms with Gasteiger partial charge in [-0.1, -0.05) is 0 Å². The van der Waals surface area contributed by atoms with Crippen LogP contribution in [0.5, 0.6) is 0 Å². The number of carbonyl (C=O) groups is 1. The fourth-order valence-electron chi connectivity index (χ4n) is 0.351. The van der Waals surface area contributed by atoms with E-state index in [9.17, 15) is 22.4 Å². The summed E-state index contributed by atoms with van der Waals surface area (Å²) >= 11 is 3.57. The van der Waals surface area contributed by atoms with Gasteiger partial charge in [-0.05, 0) is 6.92 Å². The van der Waals surface area contributed by atoms with E-state index in [1.807, 2.05) is 0 Å². The number of ether oxygens (including phenoxy) is 1. The third kappa shape index (κ3) is 4.35. The monoisotopic (exact) mass is 220 g/mol. The molecule has 78 valence electrons. The molecule has 0 spiro atoms. The Kier molecular flexibility index (Phi) is 4.52. The van der Waals surface area contributed by atoms with Gasteiger partial charge in [-0.3, -0.25) is 4.79 Å². The quantitative estimate of drug-likeness (QED) is 0.444. The average Bonchev–Trinajstić information content (AvgIpc) is 1.99. The standard InChI is InChI=1S/C6H8F4O2S/c1-3(13)4(11)12-2-6(9,10)5(7)8/h3,5,13H,2H2,1H3. The van der Waals surface area contributed by atoms with Crippen molar-refractivity contribution in [1.29, 1.82) is 0 Å². The van der Waals surface area contributed by atoms with Crippen LogP contribution in [0.15, 0.2) is 0 Å². The van der Waals surface area contributed by atoms with E-state index >= 15 is 0 Å². The van der Waals surface area contributed by atoms with Crippen molar-refractivity contribution in [3.05, 3.63) is 0 Å². The number of esters is 1. The zero-order valence-electron chi connectivity index (χ0n) is 6.64. The molecular weight excluding hydrogens is 212 g/mol. The molecule has 0 rings (SSSR count). The summed E-state index contributed by atoms with van der Waals surface area (Å²) in [6, 6.07) is 0. The highest BCUT2D eigenvalue weighted by Crippen LogP contribution is 2.23. The lowest BCUT2D eigenvalue weighted by atomic mass is 10.4. The highest BCUT2D eigenvalue weighted by molar-refractivity contribution is 7.81. The number of carbonyl (C=O) groups excluding carboxylic acids is 1. The smallest absolute Gasteiger partial charge is 0.340 e. The Labute approximate surface area is 77.7 Å². The van der Waals surface area contributed by atoms with Crippen LogP contribution in [-0.2, 0) is 9.53 Å². The molecule has 0 fully saturated rings. The highest BCUT2D eigenvalue weighted by atomic mass is 32.1. The van der Waals surface area contributed by atoms with Crippen LogP contribution in [0.25, 0.3) is 0 Å². The maximum atomic E-state index is 12.1. The first-order valence-corrected chi connectivity index (χ1v) is 3.79. The summed E-state index contributed by atoms with van der Waals surface area (Å²) in [5.74, 6) is -5.35. The molecule has 1 atom stereocenters. The van der Waals surface area contributed by atoms with Gasteiger partial charge in [0.15, 0.2) is 6.61 Å². The first-order chi connectivity index (χ1) is 5.77. The zero-order valence-corrected chi connectivity index (χ0v) is 7.53. The minimum absolute atomic E-state index is 0.909. The van der Waals surface area contributed by atoms with E-state index in [2.05, 4.69) is 17.4 Å². The van der Waals surface area contributed by atoms with Crippen molar-refractivity contribution in [2.24, 2.45) is 0 Å². The Bertz CT molecular complexity index is 183. The molecule has 0 aromatic heterocycles. The van der Waals surface area contributed by atoms with E-state index in [4.69, 9.17) is 0 Å². The van der Waals surface area contributed by atoms with Crippen LogP contribution in [-0.4, -0.2) is 30.2 Å². The van der Waals surface area contributed by atoms with Gasteiger partial charge in [0.25, 0.3) is 0 Å². The van der Waals surface area contributed by atoms with Gasteiger partial charge in [-0.25, -0.2) is 8.78 Å². The molecule has 0 aliphatic heterocycles. The van der Waals surface area contributed by atoms with Crippen molar-refractivity contribution < 1.29 is 27.1 Å². The summed E-state index contributed by atoms with van der Waals surface area (Å²) in [6.07, 6.45) is -3.84. The predicted octanol–water partition coefficient (Wildman–Crippen LogP) is 1.75. The van der Waals surface area contributed by atoms with Crippen molar-refractivity contribution in [2.75, 3.05) is 6.61 Å². The molecule has 0 saturated carbocycles. The van der Waals surface area contributed by atoms with Crippen molar-refractivity contribution in [3.8, 4) is 0 Å². The molecule has 0 bridgehead atoms. The molecule has 0 aliphatic carbocycles. The molecule has 13 heavy (non-hydrogen) atoms. The Morgan fingerprint density at radius 1 is 1.54 bits per heavy atom. The van der Waals surface area contributed by atoms with Crippen LogP contribution in [0.2, 0.25) is 0 Å². The van der Waals surface area contributed by atoms with Crippen molar-refractivity contribution in [3.63, 3.8) is 0 Å². The molecule has 0 heterocycles. The Balaban J connectivity index is 3.95. The van der Waals surface area contributed by atoms with Crippen molar-refractivity contribution >= 4 is 18.6 Å². The van der Waals surface area contributed by atoms with E-state index in [1.54, 1.807) is 0 Å². The van der Waals surface area contributed by atoms with Crippen molar-refractivity contribution in [2.45, 2.75) is 24.5 Å². The molecule has 0 N–H and O–H groups in total. The Morgan fingerprint density at radius 3 is 2.31 bits per heavy atom. The van der Waals surface area contributed by atoms with Crippen LogP contribution in [0.4, 0.5) is 17.6 Å². The number of thiol groups is 1. The lowest BCUT2D eigenvalue weighted by Gasteiger charge is -2.15. The lowest BCUT2D eigenvalue weighted by Crippen LogP contribution is -2.34. The van der Waals surface area contributed by atoms with Crippen molar-refractivity contribution in [1.82, 2.24) is 0 Å². The van der Waals surface area contributed by atoms with E-state index in [0.717, 1.165) is 0 Å². The maximum Gasteiger partial charge on any atom is 0.340 e. The van der Waals surface area contributed by atoms with Gasteiger partial charge in [-0.15, -0.1) is 0 Å². The number of rotatable bonds is 4. The summed E-state index contributed by atoms with van der Waals surface area (Å²) in [7, 11) is 0. The van der Waals surface area contributed by atoms with E-state index in [1.165, 1.54) is 6.92 Å². The summed E-state index contributed by atoms with van der Waals surface area (Å²) in [4.78, 5) is 10.5. The fraction of sp³-hybridized carbons (Fsp3) is 0.833. The minimum atomic E-state index is -4.29. The fourth-order valence-corrected chi connectivity index (χ4v) is 0.425. The van der Waals surface area contributed by atoms with Crippen LogP contribution in [0.1, 0.15) is 6.92 Å². The average molecular weight is 220 g/mol. The van der Waals surface area contributed by atoms with Gasteiger partial charge in [0.2, 0.25) is 0 Å². The molecule has 7 heteroatoms. The number of halogens is 4. The number of hydrogen-bond donors (Lipinski definition) is 1. The first kappa shape index (κ1) is 12.5. The summed E-state index contributed by atoms with van der Waals surface area (Å²) in [5.41, 5.74) is 0. The van der Waals surface area contributed by atoms with Gasteiger partial charge in [0, 0.05) is 0 Å². The second-order valence-corrected chi connectivity index (χ2v) is 3.12. The lowest BCUT2D eigenvalue weighted by molar-refractivity contribution is -0.178. The van der Waals surface area contributed by atoms with Gasteiger partial charge in [0.1, 0.15) is 0 Å². The number of hydrogen-bond acceptors (Lipinski definition) is 3. The normalized spacial score (nSPS) is 14.4. The summed E-state index contributed by atoms with van der Waals surface area (Å²) < 4.78 is 51.1. The first-order valence-electron chi connectivity index (χ1n) is 3.28. The molecule has 0 aromatic carbocycles. The molecule has 2 nitrogen and oxygen atoms in total. The second kappa shape index (κ2) is 4.69. The van der Waals surface area contributed by atoms with Gasteiger partial charge in [0.05, 0.1) is 5.25 Å². The van der Waals surface area contributed by atoms with Crippen LogP contribution < -0.4 is 0 Å². The van der Waals surface area contributed by atoms with Gasteiger partial charge < -0.3 is 4.74 Å². The van der Waals surface area contributed by atoms with Gasteiger partial charge in [-0.2, -0.15) is 21.4 Å². The molecule has 0 saturated heterocycles. The molecule has 0 aliphatic rings. The third-order valence-corrected chi connectivity index (χ3v) is 1.28. The summed E-state index contributed by atoms with van der Waals surface area (Å²) in [6.45, 7) is -0.333. The molecule has 0 aromatic rings. The van der Waals surface area contributed by atoms with E-state index in [-0.39, 0.29) is 0 Å². The molecule has 0 amide bonds. The molecular formula is C6H8F4O2S. The maximum absolute atomic E-state index is 12.1. The molecule has 1 unspecified atom stereocenters. The second-order valence-electron chi connectivity index (χ2n) is 2.35. The Morgan fingerprint density at radius 2 is 2.00 bits per heavy atom. The van der Waals surface area contributed by atoms with Crippen LogP contribution in [0, 0.1) is 0 Å². The van der Waals surface area contributed by atoms with Gasteiger partial charge >= 0.3 is 18.3 Å². The predicted molar refractivity (Wildman–Crippen MR) is 40.4 cm³/mol. The molecule has 0 radical (unpaired) electrons. The minimum Gasteiger partial charge on any atom is -0.458 e. The van der Waals surface area contributed by atoms with E-state index < -0.39 is 30.2 Å². The zero-order chi connectivity index (χ0) is 10.6. The third-order valence-electron chi connectivity index (χ3n) is 1.07. The van der Waals surface area contributed by atoms with E-state index in [0.29, 0.717) is 0 Å². The number of alkyl halides is 4. The van der Waals surface area contributed by atoms with Crippen LogP contribution >= 0.6 is 12.6 Å². The largest absolute Gasteiger partial charge is 0.458 e. The highest BCUT2D eigenvalue weighted by Gasteiger charge is 2.42. The topological polar surface area (TPSA) is 26.3 Å². The SMILES string of the molecule is CC(S)C(=O)OCC(F)(F)C(F)F. The Hall–Kier alpha value is -0.460.